The summed E-state index contributed by atoms with van der Waals surface area (Å²) in [6.07, 6.45) is 3.01. The number of pyridine rings is 1. The summed E-state index contributed by atoms with van der Waals surface area (Å²) < 4.78 is 1.76. The number of carbonyl (C=O) groups excluding carboxylic acids is 1. The summed E-state index contributed by atoms with van der Waals surface area (Å²) in [7, 11) is 1.80. The predicted molar refractivity (Wildman–Crippen MR) is 72.2 cm³/mol. The summed E-state index contributed by atoms with van der Waals surface area (Å²) >= 11 is 0. The van der Waals surface area contributed by atoms with Gasteiger partial charge < -0.3 is 14.6 Å². The molecule has 1 unspecified atom stereocenters. The summed E-state index contributed by atoms with van der Waals surface area (Å²) in [5.74, 6) is -0.291. The van der Waals surface area contributed by atoms with Crippen LogP contribution in [0.4, 0.5) is 0 Å². The lowest BCUT2D eigenvalue weighted by Gasteiger charge is -2.36. The van der Waals surface area contributed by atoms with Crippen molar-refractivity contribution in [3.8, 4) is 0 Å². The monoisotopic (exact) mass is 264 g/mol. The number of amides is 1. The van der Waals surface area contributed by atoms with E-state index in [9.17, 15) is 14.7 Å². The number of hydrogen-bond acceptors (Lipinski definition) is 3. The van der Waals surface area contributed by atoms with Gasteiger partial charge in [-0.3, -0.25) is 9.59 Å². The molecule has 1 aromatic rings. The standard InChI is InChI=1S/C14H20N2O3/c1-10-7-12(17)11(8-15(10)3)13(18)16-6-4-5-14(2,19)9-16/h7-8,19H,4-6,9H2,1-3H3. The third kappa shape index (κ3) is 2.87. The van der Waals surface area contributed by atoms with Crippen molar-refractivity contribution in [3.63, 3.8) is 0 Å². The molecule has 2 heterocycles. The number of aromatic nitrogens is 1. The summed E-state index contributed by atoms with van der Waals surface area (Å²) in [5.41, 5.74) is -0.132. The van der Waals surface area contributed by atoms with Crippen molar-refractivity contribution in [2.45, 2.75) is 32.3 Å². The van der Waals surface area contributed by atoms with Crippen LogP contribution in [0, 0.1) is 6.92 Å². The van der Waals surface area contributed by atoms with Crippen LogP contribution < -0.4 is 5.43 Å². The van der Waals surface area contributed by atoms with Crippen molar-refractivity contribution < 1.29 is 9.90 Å². The maximum Gasteiger partial charge on any atom is 0.259 e. The summed E-state index contributed by atoms with van der Waals surface area (Å²) in [6.45, 7) is 4.41. The Morgan fingerprint density at radius 3 is 2.79 bits per heavy atom. The Hall–Kier alpha value is -1.62. The van der Waals surface area contributed by atoms with Crippen molar-refractivity contribution >= 4 is 5.91 Å². The van der Waals surface area contributed by atoms with Crippen molar-refractivity contribution in [1.82, 2.24) is 9.47 Å². The van der Waals surface area contributed by atoms with Crippen molar-refractivity contribution in [1.29, 1.82) is 0 Å². The number of β-amino-alcohol motifs (C(OH)–C–C–N with tert-alkyl or cyclic N) is 1. The van der Waals surface area contributed by atoms with Gasteiger partial charge in [0.15, 0.2) is 5.43 Å². The minimum absolute atomic E-state index is 0.172. The van der Waals surface area contributed by atoms with E-state index in [4.69, 9.17) is 0 Å². The predicted octanol–water partition coefficient (Wildman–Crippen LogP) is 0.681. The van der Waals surface area contributed by atoms with E-state index in [1.54, 1.807) is 29.6 Å². The van der Waals surface area contributed by atoms with Gasteiger partial charge in [-0.15, -0.1) is 0 Å². The fraction of sp³-hybridized carbons (Fsp3) is 0.571. The highest BCUT2D eigenvalue weighted by Crippen LogP contribution is 2.21. The van der Waals surface area contributed by atoms with Crippen LogP contribution in [-0.2, 0) is 7.05 Å². The number of piperidine rings is 1. The molecule has 0 saturated carbocycles. The Morgan fingerprint density at radius 2 is 2.16 bits per heavy atom. The van der Waals surface area contributed by atoms with Crippen LogP contribution in [0.1, 0.15) is 35.8 Å². The molecule has 0 bridgehead atoms. The van der Waals surface area contributed by atoms with E-state index < -0.39 is 5.60 Å². The first-order chi connectivity index (χ1) is 8.80. The maximum atomic E-state index is 12.4. The highest BCUT2D eigenvalue weighted by atomic mass is 16.3. The lowest BCUT2D eigenvalue weighted by molar-refractivity contribution is -0.0108. The van der Waals surface area contributed by atoms with E-state index in [0.717, 1.165) is 12.1 Å². The van der Waals surface area contributed by atoms with Gasteiger partial charge in [0.2, 0.25) is 0 Å². The number of nitrogens with zero attached hydrogens (tertiary/aromatic N) is 2. The van der Waals surface area contributed by atoms with E-state index in [1.807, 2.05) is 6.92 Å². The zero-order chi connectivity index (χ0) is 14.2. The number of aliphatic hydroxyl groups is 1. The van der Waals surface area contributed by atoms with Crippen LogP contribution in [0.3, 0.4) is 0 Å². The number of rotatable bonds is 1. The second-order valence-electron chi connectivity index (χ2n) is 5.63. The summed E-state index contributed by atoms with van der Waals surface area (Å²) in [4.78, 5) is 25.9. The molecule has 5 heteroatoms. The molecule has 5 nitrogen and oxygen atoms in total. The van der Waals surface area contributed by atoms with E-state index >= 15 is 0 Å². The third-order valence-corrected chi connectivity index (χ3v) is 3.68. The van der Waals surface area contributed by atoms with Crippen LogP contribution in [0.2, 0.25) is 0 Å². The number of carbonyl (C=O) groups is 1. The quantitative estimate of drug-likeness (QED) is 0.811. The first-order valence-electron chi connectivity index (χ1n) is 6.49. The van der Waals surface area contributed by atoms with E-state index in [1.165, 1.54) is 6.07 Å². The molecule has 104 valence electrons. The molecule has 1 N–H and O–H groups in total. The fourth-order valence-corrected chi connectivity index (χ4v) is 2.45. The molecule has 1 amide bonds. The lowest BCUT2D eigenvalue weighted by atomic mass is 9.95. The molecule has 1 aliphatic rings. The molecule has 0 aliphatic carbocycles. The Bertz CT molecular complexity index is 560. The molecule has 1 fully saturated rings. The molecule has 0 radical (unpaired) electrons. The third-order valence-electron chi connectivity index (χ3n) is 3.68. The second kappa shape index (κ2) is 4.81. The first-order valence-corrected chi connectivity index (χ1v) is 6.49. The number of aryl methyl sites for hydroxylation is 2. The molecule has 1 saturated heterocycles. The molecule has 1 atom stereocenters. The Labute approximate surface area is 112 Å². The average Bonchev–Trinajstić information content (AvgIpc) is 2.31. The number of hydrogen-bond donors (Lipinski definition) is 1. The molecular weight excluding hydrogens is 244 g/mol. The molecule has 19 heavy (non-hydrogen) atoms. The van der Waals surface area contributed by atoms with Gasteiger partial charge in [0, 0.05) is 38.1 Å². The molecule has 0 spiro atoms. The highest BCUT2D eigenvalue weighted by Gasteiger charge is 2.32. The Kier molecular flexibility index (Phi) is 3.49. The van der Waals surface area contributed by atoms with E-state index in [2.05, 4.69) is 0 Å². The van der Waals surface area contributed by atoms with E-state index in [0.29, 0.717) is 13.0 Å². The maximum absolute atomic E-state index is 12.4. The van der Waals surface area contributed by atoms with Crippen molar-refractivity contribution in [3.05, 3.63) is 33.7 Å². The fourth-order valence-electron chi connectivity index (χ4n) is 2.45. The normalized spacial score (nSPS) is 23.5. The van der Waals surface area contributed by atoms with Gasteiger partial charge in [-0.1, -0.05) is 0 Å². The summed E-state index contributed by atoms with van der Waals surface area (Å²) in [5, 5.41) is 10.0. The van der Waals surface area contributed by atoms with Gasteiger partial charge in [-0.25, -0.2) is 0 Å². The topological polar surface area (TPSA) is 62.5 Å². The van der Waals surface area contributed by atoms with Gasteiger partial charge in [0.25, 0.3) is 5.91 Å². The molecule has 1 aliphatic heterocycles. The summed E-state index contributed by atoms with van der Waals surface area (Å²) in [6, 6.07) is 1.47. The van der Waals surface area contributed by atoms with Crippen LogP contribution >= 0.6 is 0 Å². The zero-order valence-electron chi connectivity index (χ0n) is 11.6. The van der Waals surface area contributed by atoms with Gasteiger partial charge >= 0.3 is 0 Å². The average molecular weight is 264 g/mol. The molecular formula is C14H20N2O3. The SMILES string of the molecule is Cc1cc(=O)c(C(=O)N2CCCC(C)(O)C2)cn1C. The Morgan fingerprint density at radius 1 is 1.47 bits per heavy atom. The van der Waals surface area contributed by atoms with Crippen LogP contribution in [0.25, 0.3) is 0 Å². The number of likely N-dealkylation sites (tertiary alicyclic amines) is 1. The largest absolute Gasteiger partial charge is 0.388 e. The minimum Gasteiger partial charge on any atom is -0.388 e. The first kappa shape index (κ1) is 13.8. The molecule has 0 aromatic carbocycles. The van der Waals surface area contributed by atoms with Crippen LogP contribution in [-0.4, -0.2) is 39.2 Å². The second-order valence-corrected chi connectivity index (χ2v) is 5.63. The molecule has 1 aromatic heterocycles. The minimum atomic E-state index is -0.857. The van der Waals surface area contributed by atoms with Crippen molar-refractivity contribution in [2.24, 2.45) is 7.05 Å². The van der Waals surface area contributed by atoms with E-state index in [-0.39, 0.29) is 23.4 Å². The van der Waals surface area contributed by atoms with Crippen molar-refractivity contribution in [2.75, 3.05) is 13.1 Å². The smallest absolute Gasteiger partial charge is 0.259 e. The Balaban J connectivity index is 2.30. The van der Waals surface area contributed by atoms with Gasteiger partial charge in [0.1, 0.15) is 5.56 Å². The van der Waals surface area contributed by atoms with Gasteiger partial charge in [-0.2, -0.15) is 0 Å². The zero-order valence-corrected chi connectivity index (χ0v) is 11.6. The van der Waals surface area contributed by atoms with Crippen LogP contribution in [0.15, 0.2) is 17.1 Å². The van der Waals surface area contributed by atoms with Gasteiger partial charge in [-0.05, 0) is 26.7 Å². The van der Waals surface area contributed by atoms with Gasteiger partial charge in [0.05, 0.1) is 5.60 Å². The lowest BCUT2D eigenvalue weighted by Crippen LogP contribution is -2.49. The van der Waals surface area contributed by atoms with Crippen LogP contribution in [0.5, 0.6) is 0 Å². The molecule has 2 rings (SSSR count). The highest BCUT2D eigenvalue weighted by molar-refractivity contribution is 5.94.